The molecule has 3 fully saturated rings. The Morgan fingerprint density at radius 2 is 1.59 bits per heavy atom. The molecule has 16 atom stereocenters. The molecule has 3 aliphatic heterocycles. The Morgan fingerprint density at radius 3 is 2.14 bits per heavy atom. The van der Waals surface area contributed by atoms with Crippen LogP contribution in [0, 0.1) is 0 Å². The molecule has 12 N–H and O–H groups in total. The van der Waals surface area contributed by atoms with E-state index in [4.69, 9.17) is 23.7 Å². The zero-order valence-electron chi connectivity index (χ0n) is 23.4. The molecule has 1 amide bonds. The van der Waals surface area contributed by atoms with Crippen LogP contribution < -0.4 is 10.4 Å². The SMILES string of the molecule is CC(=O)N[C@H]1[C@H]([C@H](O)[C@H](O)CO)O[C@@](OC[C@H]2O[C@@H](O[C@H]3[C@H](O)[C@@H](O)C(O)O[C@@H]3CO)[C@H](O)[C@@H](O)[C@H]2O)(C(=O)[O-])C[C@@H]1O.[Zn+2]. The normalized spacial score (nSPS) is 44.2. The van der Waals surface area contributed by atoms with Crippen LogP contribution >= 0.6 is 0 Å². The number of nitrogens with one attached hydrogen (secondary N) is 1. The summed E-state index contributed by atoms with van der Waals surface area (Å²) >= 11 is 0. The summed E-state index contributed by atoms with van der Waals surface area (Å²) < 4.78 is 26.5. The van der Waals surface area contributed by atoms with E-state index >= 15 is 0 Å². The first-order chi connectivity index (χ1) is 20.1. The molecule has 0 aromatic rings. The molecule has 0 aromatic carbocycles. The van der Waals surface area contributed by atoms with Gasteiger partial charge in [-0.1, -0.05) is 0 Å². The molecule has 250 valence electrons. The van der Waals surface area contributed by atoms with Crippen LogP contribution in [0.2, 0.25) is 0 Å². The van der Waals surface area contributed by atoms with Gasteiger partial charge in [0, 0.05) is 13.3 Å². The number of amides is 1. The van der Waals surface area contributed by atoms with E-state index < -0.39 is 136 Å². The fourth-order valence-corrected chi connectivity index (χ4v) is 5.04. The quantitative estimate of drug-likeness (QED) is 0.0891. The van der Waals surface area contributed by atoms with Crippen LogP contribution in [-0.2, 0) is 52.8 Å². The van der Waals surface area contributed by atoms with Crippen LogP contribution in [-0.4, -0.2) is 186 Å². The number of aliphatic hydroxyl groups excluding tert-OH is 11. The average molecular weight is 698 g/mol. The van der Waals surface area contributed by atoms with Gasteiger partial charge in [-0.25, -0.2) is 0 Å². The molecule has 3 rings (SSSR count). The van der Waals surface area contributed by atoms with Crippen molar-refractivity contribution >= 4 is 11.9 Å². The molecule has 20 nitrogen and oxygen atoms in total. The smallest absolute Gasteiger partial charge is 0.544 e. The third kappa shape index (κ3) is 8.25. The minimum absolute atomic E-state index is 0. The van der Waals surface area contributed by atoms with Crippen LogP contribution in [0.15, 0.2) is 0 Å². The van der Waals surface area contributed by atoms with Gasteiger partial charge in [-0.2, -0.15) is 0 Å². The standard InChI is InChI=1S/C23H39NO19.Zn/c1-6(27)24-11-7(28)2-23(22(37)38,43-19(11)12(30)8(29)3-25)39-5-10-13(31)14(32)17(35)21(41-10)42-18-9(4-26)40-20(36)16(34)15(18)33;/h7-21,25-26,28-36H,2-5H2,1H3,(H,24,27)(H,37,38);/q;+2/p-1/t7-,8+,9+,10+,11+,12+,13-,14-,15+,16+,17+,18+,19+,20?,21-,23+;/m0./s1. The van der Waals surface area contributed by atoms with E-state index in [1.54, 1.807) is 0 Å². The van der Waals surface area contributed by atoms with Crippen molar-refractivity contribution in [2.75, 3.05) is 19.8 Å². The van der Waals surface area contributed by atoms with Crippen molar-refractivity contribution in [2.45, 2.75) is 111 Å². The van der Waals surface area contributed by atoms with E-state index in [0.29, 0.717) is 0 Å². The molecule has 0 saturated carbocycles. The summed E-state index contributed by atoms with van der Waals surface area (Å²) in [5.74, 6) is -5.80. The summed E-state index contributed by atoms with van der Waals surface area (Å²) in [5.41, 5.74) is 0. The first kappa shape index (κ1) is 39.1. The second-order valence-corrected chi connectivity index (χ2v) is 10.5. The maximum absolute atomic E-state index is 12.2. The van der Waals surface area contributed by atoms with Crippen molar-refractivity contribution in [1.29, 1.82) is 0 Å². The van der Waals surface area contributed by atoms with Crippen LogP contribution in [0.4, 0.5) is 0 Å². The van der Waals surface area contributed by atoms with Gasteiger partial charge in [-0.15, -0.1) is 0 Å². The number of carbonyl (C=O) groups excluding carboxylic acids is 2. The topological polar surface area (TPSA) is 338 Å². The summed E-state index contributed by atoms with van der Waals surface area (Å²) in [5, 5.41) is 126. The number of carboxylic acids is 1. The number of aliphatic hydroxyl groups is 11. The molecule has 0 aromatic heterocycles. The predicted molar refractivity (Wildman–Crippen MR) is 127 cm³/mol. The molecule has 3 saturated heterocycles. The van der Waals surface area contributed by atoms with Crippen LogP contribution in [0.5, 0.6) is 0 Å². The third-order valence-electron chi connectivity index (χ3n) is 7.45. The minimum Gasteiger partial charge on any atom is -0.544 e. The Labute approximate surface area is 262 Å². The largest absolute Gasteiger partial charge is 2.00 e. The van der Waals surface area contributed by atoms with Gasteiger partial charge in [-0.05, 0) is 0 Å². The first-order valence-corrected chi connectivity index (χ1v) is 13.2. The van der Waals surface area contributed by atoms with Gasteiger partial charge < -0.3 is 95.1 Å². The number of rotatable bonds is 11. The molecular weight excluding hydrogens is 660 g/mol. The van der Waals surface area contributed by atoms with Gasteiger partial charge >= 0.3 is 19.5 Å². The van der Waals surface area contributed by atoms with Gasteiger partial charge in [-0.3, -0.25) is 4.79 Å². The van der Waals surface area contributed by atoms with E-state index in [1.165, 1.54) is 0 Å². The minimum atomic E-state index is -2.94. The predicted octanol–water partition coefficient (Wildman–Crippen LogP) is -9.56. The summed E-state index contributed by atoms with van der Waals surface area (Å²) in [4.78, 5) is 23.9. The average Bonchev–Trinajstić information content (AvgIpc) is 2.96. The van der Waals surface area contributed by atoms with E-state index in [-0.39, 0.29) is 19.5 Å². The van der Waals surface area contributed by atoms with Crippen molar-refractivity contribution in [2.24, 2.45) is 0 Å². The van der Waals surface area contributed by atoms with E-state index in [0.717, 1.165) is 6.92 Å². The molecule has 0 aliphatic carbocycles. The fourth-order valence-electron chi connectivity index (χ4n) is 5.04. The van der Waals surface area contributed by atoms with Gasteiger partial charge in [0.1, 0.15) is 73.1 Å². The Hall–Kier alpha value is -1.08. The second-order valence-electron chi connectivity index (χ2n) is 10.5. The molecule has 3 heterocycles. The summed E-state index contributed by atoms with van der Waals surface area (Å²) in [7, 11) is 0. The maximum atomic E-state index is 12.2. The van der Waals surface area contributed by atoms with Crippen LogP contribution in [0.3, 0.4) is 0 Å². The van der Waals surface area contributed by atoms with Crippen molar-refractivity contribution in [3.8, 4) is 0 Å². The van der Waals surface area contributed by atoms with Crippen molar-refractivity contribution in [3.05, 3.63) is 0 Å². The Morgan fingerprint density at radius 1 is 0.955 bits per heavy atom. The van der Waals surface area contributed by atoms with Gasteiger partial charge in [0.25, 0.3) is 0 Å². The van der Waals surface area contributed by atoms with Crippen molar-refractivity contribution in [1.82, 2.24) is 5.32 Å². The zero-order chi connectivity index (χ0) is 32.4. The molecule has 0 spiro atoms. The Kier molecular flexibility index (Phi) is 14.4. The first-order valence-electron chi connectivity index (χ1n) is 13.2. The monoisotopic (exact) mass is 696 g/mol. The zero-order valence-corrected chi connectivity index (χ0v) is 26.3. The fraction of sp³-hybridized carbons (Fsp3) is 0.913. The number of hydrogen-bond acceptors (Lipinski definition) is 19. The second kappa shape index (κ2) is 16.2. The van der Waals surface area contributed by atoms with Gasteiger partial charge in [0.05, 0.1) is 32.0 Å². The number of carboxylic acid groups (broad SMARTS) is 1. The number of hydrogen-bond donors (Lipinski definition) is 12. The van der Waals surface area contributed by atoms with Crippen LogP contribution in [0.1, 0.15) is 13.3 Å². The van der Waals surface area contributed by atoms with Gasteiger partial charge in [0.2, 0.25) is 11.7 Å². The summed E-state index contributed by atoms with van der Waals surface area (Å²) in [6, 6.07) is -1.51. The molecule has 0 bridgehead atoms. The third-order valence-corrected chi connectivity index (χ3v) is 7.45. The van der Waals surface area contributed by atoms with E-state index in [2.05, 4.69) is 5.32 Å². The Bertz CT molecular complexity index is 949. The van der Waals surface area contributed by atoms with E-state index in [1.807, 2.05) is 0 Å². The number of ether oxygens (including phenoxy) is 5. The summed E-state index contributed by atoms with van der Waals surface area (Å²) in [6.45, 7) is -1.84. The number of carbonyl (C=O) groups is 2. The molecule has 44 heavy (non-hydrogen) atoms. The molecule has 1 unspecified atom stereocenters. The van der Waals surface area contributed by atoms with Crippen molar-refractivity contribution in [3.63, 3.8) is 0 Å². The van der Waals surface area contributed by atoms with Crippen LogP contribution in [0.25, 0.3) is 0 Å². The van der Waals surface area contributed by atoms with Gasteiger partial charge in [0.15, 0.2) is 12.6 Å². The summed E-state index contributed by atoms with van der Waals surface area (Å²) in [6.07, 6.45) is -27.3. The number of aliphatic carboxylic acids is 1. The Balaban J connectivity index is 0.00000675. The van der Waals surface area contributed by atoms with Crippen molar-refractivity contribution < 1.29 is 114 Å². The maximum Gasteiger partial charge on any atom is 2.00 e. The molecular formula is C23H38NO19Zn+. The van der Waals surface area contributed by atoms with E-state index in [9.17, 15) is 70.9 Å². The molecule has 21 heteroatoms. The molecule has 3 aliphatic rings. The molecule has 0 radical (unpaired) electrons.